The highest BCUT2D eigenvalue weighted by Gasteiger charge is 2.24. The molecule has 1 aliphatic heterocycles. The Morgan fingerprint density at radius 2 is 1.97 bits per heavy atom. The van der Waals surface area contributed by atoms with Crippen molar-refractivity contribution in [3.63, 3.8) is 0 Å². The first-order valence-electron chi connectivity index (χ1n) is 9.66. The van der Waals surface area contributed by atoms with Gasteiger partial charge in [0.2, 0.25) is 0 Å². The molecule has 0 bridgehead atoms. The summed E-state index contributed by atoms with van der Waals surface area (Å²) < 4.78 is 53.4. The van der Waals surface area contributed by atoms with E-state index in [0.717, 1.165) is 9.54 Å². The van der Waals surface area contributed by atoms with Crippen LogP contribution in [0.1, 0.15) is 5.56 Å². The second kappa shape index (κ2) is 8.59. The van der Waals surface area contributed by atoms with Crippen molar-refractivity contribution < 1.29 is 22.3 Å². The van der Waals surface area contributed by atoms with Gasteiger partial charge in [0.15, 0.2) is 0 Å². The molecule has 6 nitrogen and oxygen atoms in total. The number of hydrogen-bond acceptors (Lipinski definition) is 5. The van der Waals surface area contributed by atoms with Gasteiger partial charge in [-0.1, -0.05) is 18.2 Å². The number of benzene rings is 2. The number of halogens is 1. The van der Waals surface area contributed by atoms with Crippen LogP contribution in [0.25, 0.3) is 11.3 Å². The van der Waals surface area contributed by atoms with E-state index in [-0.39, 0.29) is 16.2 Å². The fourth-order valence-corrected chi connectivity index (χ4v) is 4.72. The quantitative estimate of drug-likeness (QED) is 0.594. The summed E-state index contributed by atoms with van der Waals surface area (Å²) in [5.74, 6) is 0.312. The zero-order valence-electron chi connectivity index (χ0n) is 16.5. The maximum Gasteiger partial charge on any atom is 0.268 e. The molecule has 30 heavy (non-hydrogen) atoms. The molecule has 1 fully saturated rings. The summed E-state index contributed by atoms with van der Waals surface area (Å²) in [5, 5.41) is 3.00. The second-order valence-electron chi connectivity index (χ2n) is 7.23. The van der Waals surface area contributed by atoms with Gasteiger partial charge in [0, 0.05) is 30.3 Å². The lowest BCUT2D eigenvalue weighted by atomic mass is 10.1. The molecule has 1 N–H and O–H groups in total. The van der Waals surface area contributed by atoms with Gasteiger partial charge in [-0.3, -0.25) is 0 Å². The zero-order valence-corrected chi connectivity index (χ0v) is 17.4. The molecule has 4 rings (SSSR count). The van der Waals surface area contributed by atoms with Crippen LogP contribution in [0.2, 0.25) is 0 Å². The third kappa shape index (κ3) is 4.12. The number of nitrogens with zero attached hydrogens (tertiary/aromatic N) is 1. The van der Waals surface area contributed by atoms with E-state index in [4.69, 9.17) is 9.47 Å². The first-order chi connectivity index (χ1) is 14.5. The number of rotatable bonds is 8. The lowest BCUT2D eigenvalue weighted by Crippen LogP contribution is -2.32. The molecular weight excluding hydrogens is 407 g/mol. The largest absolute Gasteiger partial charge is 0.493 e. The first-order valence-corrected chi connectivity index (χ1v) is 11.1. The molecule has 2 aromatic carbocycles. The summed E-state index contributed by atoms with van der Waals surface area (Å²) in [5.41, 5.74) is 1.23. The lowest BCUT2D eigenvalue weighted by Gasteiger charge is -2.25. The Balaban J connectivity index is 1.72. The van der Waals surface area contributed by atoms with Crippen molar-refractivity contribution in [1.29, 1.82) is 0 Å². The highest BCUT2D eigenvalue weighted by molar-refractivity contribution is 7.90. The highest BCUT2D eigenvalue weighted by atomic mass is 32.2. The van der Waals surface area contributed by atoms with Crippen LogP contribution in [0.3, 0.4) is 0 Å². The van der Waals surface area contributed by atoms with Crippen molar-refractivity contribution >= 4 is 10.0 Å². The van der Waals surface area contributed by atoms with Crippen LogP contribution in [0, 0.1) is 11.7 Å². The molecule has 8 heteroatoms. The van der Waals surface area contributed by atoms with Gasteiger partial charge in [-0.25, -0.2) is 16.8 Å². The molecule has 158 valence electrons. The van der Waals surface area contributed by atoms with Crippen LogP contribution in [0.4, 0.5) is 4.39 Å². The van der Waals surface area contributed by atoms with Gasteiger partial charge in [-0.05, 0) is 42.9 Å². The highest BCUT2D eigenvalue weighted by Crippen LogP contribution is 2.30. The fraction of sp³-hybridized carbons (Fsp3) is 0.273. The first kappa shape index (κ1) is 20.6. The Morgan fingerprint density at radius 3 is 2.67 bits per heavy atom. The molecule has 1 aliphatic rings. The Morgan fingerprint density at radius 1 is 1.17 bits per heavy atom. The average Bonchev–Trinajstić information content (AvgIpc) is 3.12. The molecular formula is C22H23FN2O4S. The molecule has 0 spiro atoms. The molecule has 1 aromatic heterocycles. The summed E-state index contributed by atoms with van der Waals surface area (Å²) >= 11 is 0. The van der Waals surface area contributed by atoms with Crippen molar-refractivity contribution in [2.24, 2.45) is 5.92 Å². The summed E-state index contributed by atoms with van der Waals surface area (Å²) in [4.78, 5) is 0.0778. The van der Waals surface area contributed by atoms with Crippen molar-refractivity contribution in [2.75, 3.05) is 26.9 Å². The summed E-state index contributed by atoms with van der Waals surface area (Å²) in [6.45, 7) is 2.24. The smallest absolute Gasteiger partial charge is 0.268 e. The zero-order chi connectivity index (χ0) is 21.1. The third-order valence-electron chi connectivity index (χ3n) is 4.93. The Bertz CT molecular complexity index is 1140. The van der Waals surface area contributed by atoms with Crippen LogP contribution >= 0.6 is 0 Å². The predicted octanol–water partition coefficient (Wildman–Crippen LogP) is 3.28. The summed E-state index contributed by atoms with van der Waals surface area (Å²) in [6.07, 6.45) is 1.52. The minimum absolute atomic E-state index is 0.0778. The number of aromatic nitrogens is 1. The van der Waals surface area contributed by atoms with Crippen molar-refractivity contribution in [3.05, 3.63) is 72.2 Å². The molecule has 2 heterocycles. The Kier molecular flexibility index (Phi) is 5.90. The molecule has 0 atom stereocenters. The van der Waals surface area contributed by atoms with E-state index in [1.165, 1.54) is 24.4 Å². The molecule has 0 saturated carbocycles. The number of nitrogens with one attached hydrogen (secondary N) is 1. The van der Waals surface area contributed by atoms with E-state index in [1.807, 2.05) is 0 Å². The van der Waals surface area contributed by atoms with E-state index in [0.29, 0.717) is 38.0 Å². The maximum absolute atomic E-state index is 14.5. The van der Waals surface area contributed by atoms with Crippen molar-refractivity contribution in [2.45, 2.75) is 11.4 Å². The van der Waals surface area contributed by atoms with Gasteiger partial charge < -0.3 is 14.8 Å². The normalized spacial score (nSPS) is 14.5. The van der Waals surface area contributed by atoms with Crippen LogP contribution in [0.15, 0.2) is 65.7 Å². The summed E-state index contributed by atoms with van der Waals surface area (Å²) in [6, 6.07) is 14.2. The fourth-order valence-electron chi connectivity index (χ4n) is 3.29. The van der Waals surface area contributed by atoms with Crippen molar-refractivity contribution in [1.82, 2.24) is 9.29 Å². The molecule has 0 unspecified atom stereocenters. The second-order valence-corrected chi connectivity index (χ2v) is 9.05. The van der Waals surface area contributed by atoms with Gasteiger partial charge in [0.05, 0.1) is 30.4 Å². The molecule has 3 aromatic rings. The van der Waals surface area contributed by atoms with Gasteiger partial charge in [0.1, 0.15) is 11.6 Å². The Labute approximate surface area is 175 Å². The Hall–Kier alpha value is -2.68. The van der Waals surface area contributed by atoms with Crippen molar-refractivity contribution in [3.8, 4) is 17.0 Å². The van der Waals surface area contributed by atoms with Crippen LogP contribution in [-0.4, -0.2) is 39.3 Å². The van der Waals surface area contributed by atoms with Gasteiger partial charge in [-0.2, -0.15) is 0 Å². The van der Waals surface area contributed by atoms with E-state index >= 15 is 0 Å². The average molecular weight is 431 g/mol. The molecule has 0 aliphatic carbocycles. The van der Waals surface area contributed by atoms with Gasteiger partial charge in [-0.15, -0.1) is 0 Å². The van der Waals surface area contributed by atoms with E-state index in [1.54, 1.807) is 43.4 Å². The molecule has 1 saturated heterocycles. The topological polar surface area (TPSA) is 69.6 Å². The van der Waals surface area contributed by atoms with Crippen LogP contribution in [0.5, 0.6) is 5.75 Å². The lowest BCUT2D eigenvalue weighted by molar-refractivity contribution is -0.0508. The van der Waals surface area contributed by atoms with E-state index in [9.17, 15) is 12.8 Å². The van der Waals surface area contributed by atoms with Gasteiger partial charge in [0.25, 0.3) is 10.0 Å². The maximum atomic E-state index is 14.5. The predicted molar refractivity (Wildman–Crippen MR) is 111 cm³/mol. The standard InChI is InChI=1S/C22H23FN2O4S/c1-24-11-16-9-22(20-7-2-3-8-21(20)23)25(12-16)30(26,27)19-6-4-5-18(10-19)29-15-17-13-28-14-17/h2-10,12,17,24H,11,13-15H2,1H3. The van der Waals surface area contributed by atoms with E-state index in [2.05, 4.69) is 5.32 Å². The van der Waals surface area contributed by atoms with Crippen LogP contribution in [-0.2, 0) is 21.3 Å². The van der Waals surface area contributed by atoms with E-state index < -0.39 is 15.8 Å². The number of hydrogen-bond donors (Lipinski definition) is 1. The monoisotopic (exact) mass is 430 g/mol. The third-order valence-corrected chi connectivity index (χ3v) is 6.60. The van der Waals surface area contributed by atoms with Gasteiger partial charge >= 0.3 is 0 Å². The summed E-state index contributed by atoms with van der Waals surface area (Å²) in [7, 11) is -2.20. The molecule has 0 radical (unpaired) electrons. The molecule has 0 amide bonds. The minimum Gasteiger partial charge on any atom is -0.493 e. The van der Waals surface area contributed by atoms with Crippen LogP contribution < -0.4 is 10.1 Å². The minimum atomic E-state index is -3.97. The SMILES string of the molecule is CNCc1cc(-c2ccccc2F)n(S(=O)(=O)c2cccc(OCC3COC3)c2)c1. The number of ether oxygens (including phenoxy) is 2.